The Morgan fingerprint density at radius 1 is 0.870 bits per heavy atom. The third-order valence-electron chi connectivity index (χ3n) is 4.91. The van der Waals surface area contributed by atoms with E-state index in [4.69, 9.17) is 15.9 Å². The second-order valence-corrected chi connectivity index (χ2v) is 12.4. The quantitative estimate of drug-likeness (QED) is 0.406. The van der Waals surface area contributed by atoms with Crippen molar-refractivity contribution < 1.29 is 10.2 Å². The highest BCUT2D eigenvalue weighted by molar-refractivity contribution is 6.89. The molecule has 23 heavy (non-hydrogen) atoms. The van der Waals surface area contributed by atoms with Crippen LogP contribution < -0.4 is 10.9 Å². The Morgan fingerprint density at radius 3 is 1.96 bits per heavy atom. The van der Waals surface area contributed by atoms with E-state index in [2.05, 4.69) is 43.4 Å². The van der Waals surface area contributed by atoms with Gasteiger partial charge in [0.2, 0.25) is 0 Å². The van der Waals surface area contributed by atoms with Crippen LogP contribution >= 0.6 is 0 Å². The second-order valence-electron chi connectivity index (χ2n) is 7.55. The average Bonchev–Trinajstić information content (AvgIpc) is 2.57. The number of hydrogen-bond donors (Lipinski definition) is 3. The lowest BCUT2D eigenvalue weighted by molar-refractivity contribution is 0.112. The molecule has 0 saturated heterocycles. The first-order valence-corrected chi connectivity index (χ1v) is 12.2. The standard InChI is InChI=1S/C19H35NO2Si/c1-23(2,18-12-8-7-9-13-18)15-11-6-4-3-5-10-14-19(20,16-21)17-22/h7-9,12-13,21-22H,3-6,10-11,14-17,20H2,1-2H3. The molecule has 1 rings (SSSR count). The van der Waals surface area contributed by atoms with Gasteiger partial charge >= 0.3 is 0 Å². The smallest absolute Gasteiger partial charge is 0.0806 e. The number of hydrogen-bond acceptors (Lipinski definition) is 3. The largest absolute Gasteiger partial charge is 0.394 e. The highest BCUT2D eigenvalue weighted by Gasteiger charge is 2.23. The summed E-state index contributed by atoms with van der Waals surface area (Å²) in [5.41, 5.74) is 5.08. The molecule has 132 valence electrons. The van der Waals surface area contributed by atoms with Gasteiger partial charge in [0.15, 0.2) is 0 Å². The third-order valence-corrected chi connectivity index (χ3v) is 8.41. The van der Waals surface area contributed by atoms with Gasteiger partial charge in [0.1, 0.15) is 0 Å². The molecule has 0 saturated carbocycles. The predicted molar refractivity (Wildman–Crippen MR) is 102 cm³/mol. The van der Waals surface area contributed by atoms with Gasteiger partial charge in [-0.1, -0.05) is 93.2 Å². The molecule has 0 amide bonds. The Morgan fingerprint density at radius 2 is 1.39 bits per heavy atom. The first kappa shape index (κ1) is 20.4. The summed E-state index contributed by atoms with van der Waals surface area (Å²) in [6.45, 7) is 4.66. The summed E-state index contributed by atoms with van der Waals surface area (Å²) < 4.78 is 0. The van der Waals surface area contributed by atoms with Crippen molar-refractivity contribution in [1.82, 2.24) is 0 Å². The predicted octanol–water partition coefficient (Wildman–Crippen LogP) is 3.01. The lowest BCUT2D eigenvalue weighted by Gasteiger charge is -2.24. The Kier molecular flexibility index (Phi) is 9.06. The molecule has 0 aliphatic heterocycles. The van der Waals surface area contributed by atoms with Crippen LogP contribution in [0.5, 0.6) is 0 Å². The summed E-state index contributed by atoms with van der Waals surface area (Å²) in [6, 6.07) is 12.3. The van der Waals surface area contributed by atoms with Gasteiger partial charge in [0, 0.05) is 0 Å². The van der Waals surface area contributed by atoms with E-state index in [1.54, 1.807) is 5.19 Å². The Labute approximate surface area is 142 Å². The molecule has 0 radical (unpaired) electrons. The van der Waals surface area contributed by atoms with Crippen molar-refractivity contribution in [3.8, 4) is 0 Å². The number of nitrogens with two attached hydrogens (primary N) is 1. The maximum absolute atomic E-state index is 9.15. The van der Waals surface area contributed by atoms with Crippen LogP contribution in [-0.2, 0) is 0 Å². The molecule has 1 aromatic carbocycles. The van der Waals surface area contributed by atoms with Gasteiger partial charge in [-0.05, 0) is 6.42 Å². The molecule has 4 heteroatoms. The first-order chi connectivity index (χ1) is 10.9. The van der Waals surface area contributed by atoms with Crippen LogP contribution in [0.4, 0.5) is 0 Å². The van der Waals surface area contributed by atoms with Crippen molar-refractivity contribution in [2.75, 3.05) is 13.2 Å². The normalized spacial score (nSPS) is 12.6. The summed E-state index contributed by atoms with van der Waals surface area (Å²) >= 11 is 0. The van der Waals surface area contributed by atoms with Crippen molar-refractivity contribution in [2.24, 2.45) is 5.73 Å². The Hall–Kier alpha value is -0.683. The molecule has 4 N–H and O–H groups in total. The number of aliphatic hydroxyl groups is 2. The van der Waals surface area contributed by atoms with E-state index < -0.39 is 13.6 Å². The van der Waals surface area contributed by atoms with E-state index >= 15 is 0 Å². The van der Waals surface area contributed by atoms with Gasteiger partial charge in [-0.15, -0.1) is 0 Å². The first-order valence-electron chi connectivity index (χ1n) is 9.00. The van der Waals surface area contributed by atoms with Gasteiger partial charge < -0.3 is 15.9 Å². The zero-order valence-electron chi connectivity index (χ0n) is 14.9. The van der Waals surface area contributed by atoms with Crippen LogP contribution in [0.3, 0.4) is 0 Å². The molecule has 0 heterocycles. The van der Waals surface area contributed by atoms with E-state index in [0.29, 0.717) is 6.42 Å². The average molecular weight is 338 g/mol. The molecule has 0 aliphatic carbocycles. The summed E-state index contributed by atoms with van der Waals surface area (Å²) in [5, 5.41) is 19.9. The van der Waals surface area contributed by atoms with Crippen molar-refractivity contribution in [1.29, 1.82) is 0 Å². The molecule has 0 atom stereocenters. The van der Waals surface area contributed by atoms with Crippen molar-refractivity contribution >= 4 is 13.3 Å². The van der Waals surface area contributed by atoms with E-state index in [9.17, 15) is 0 Å². The van der Waals surface area contributed by atoms with Crippen molar-refractivity contribution in [2.45, 2.75) is 69.6 Å². The van der Waals surface area contributed by atoms with Gasteiger partial charge in [-0.25, -0.2) is 0 Å². The van der Waals surface area contributed by atoms with Gasteiger partial charge in [0.05, 0.1) is 26.8 Å². The number of rotatable bonds is 12. The summed E-state index contributed by atoms with van der Waals surface area (Å²) in [6.07, 6.45) is 7.95. The van der Waals surface area contributed by atoms with Gasteiger partial charge in [0.25, 0.3) is 0 Å². The van der Waals surface area contributed by atoms with Crippen LogP contribution in [0, 0.1) is 0 Å². The lowest BCUT2D eigenvalue weighted by Crippen LogP contribution is -2.47. The van der Waals surface area contributed by atoms with E-state index in [0.717, 1.165) is 12.8 Å². The van der Waals surface area contributed by atoms with Gasteiger partial charge in [-0.3, -0.25) is 0 Å². The third kappa shape index (κ3) is 7.62. The molecule has 3 nitrogen and oxygen atoms in total. The second kappa shape index (κ2) is 10.2. The minimum atomic E-state index is -1.26. The van der Waals surface area contributed by atoms with Crippen LogP contribution in [0.15, 0.2) is 30.3 Å². The SMILES string of the molecule is C[Si](C)(CCCCCCCCC(N)(CO)CO)c1ccccc1. The molecule has 1 aromatic rings. The fraction of sp³-hybridized carbons (Fsp3) is 0.684. The molecule has 0 aromatic heterocycles. The highest BCUT2D eigenvalue weighted by atomic mass is 28.3. The molecular weight excluding hydrogens is 302 g/mol. The fourth-order valence-corrected chi connectivity index (χ4v) is 5.51. The maximum atomic E-state index is 9.15. The number of aliphatic hydroxyl groups excluding tert-OH is 2. The molecule has 0 unspecified atom stereocenters. The zero-order chi connectivity index (χ0) is 17.2. The molecule has 0 bridgehead atoms. The lowest BCUT2D eigenvalue weighted by atomic mass is 9.95. The van der Waals surface area contributed by atoms with E-state index in [-0.39, 0.29) is 13.2 Å². The summed E-state index contributed by atoms with van der Waals surface area (Å²) in [4.78, 5) is 0. The Bertz CT molecular complexity index is 419. The van der Waals surface area contributed by atoms with Crippen LogP contribution in [-0.4, -0.2) is 37.0 Å². The molecule has 0 fully saturated rings. The fourth-order valence-electron chi connectivity index (χ4n) is 2.99. The van der Waals surface area contributed by atoms with Crippen LogP contribution in [0.25, 0.3) is 0 Å². The Balaban J connectivity index is 2.10. The van der Waals surface area contributed by atoms with Gasteiger partial charge in [-0.2, -0.15) is 0 Å². The van der Waals surface area contributed by atoms with Crippen molar-refractivity contribution in [3.63, 3.8) is 0 Å². The van der Waals surface area contributed by atoms with E-state index in [1.807, 2.05) is 0 Å². The minimum absolute atomic E-state index is 0.136. The van der Waals surface area contributed by atoms with Crippen LogP contribution in [0.1, 0.15) is 44.9 Å². The number of benzene rings is 1. The molecule has 0 spiro atoms. The topological polar surface area (TPSA) is 66.5 Å². The number of unbranched alkanes of at least 4 members (excludes halogenated alkanes) is 5. The minimum Gasteiger partial charge on any atom is -0.394 e. The van der Waals surface area contributed by atoms with Crippen LogP contribution in [0.2, 0.25) is 19.1 Å². The summed E-state index contributed by atoms with van der Waals surface area (Å²) in [7, 11) is -1.26. The molecular formula is C19H35NO2Si. The highest BCUT2D eigenvalue weighted by Crippen LogP contribution is 2.17. The molecule has 0 aliphatic rings. The monoisotopic (exact) mass is 337 g/mol. The zero-order valence-corrected chi connectivity index (χ0v) is 15.9. The van der Waals surface area contributed by atoms with E-state index in [1.165, 1.54) is 31.7 Å². The van der Waals surface area contributed by atoms with Crippen molar-refractivity contribution in [3.05, 3.63) is 30.3 Å². The summed E-state index contributed by atoms with van der Waals surface area (Å²) in [5.74, 6) is 0. The maximum Gasteiger partial charge on any atom is 0.0806 e.